The normalized spacial score (nSPS) is 17.3. The van der Waals surface area contributed by atoms with E-state index in [1.54, 1.807) is 6.07 Å². The summed E-state index contributed by atoms with van der Waals surface area (Å²) in [5, 5.41) is 16.6. The van der Waals surface area contributed by atoms with Gasteiger partial charge in [-0.1, -0.05) is 12.8 Å². The highest BCUT2D eigenvalue weighted by molar-refractivity contribution is 5.92. The Bertz CT molecular complexity index is 427. The first-order chi connectivity index (χ1) is 9.70. The van der Waals surface area contributed by atoms with Gasteiger partial charge in [0.2, 0.25) is 0 Å². The predicted octanol–water partition coefficient (Wildman–Crippen LogP) is 1.13. The van der Waals surface area contributed by atoms with Crippen molar-refractivity contribution in [2.75, 3.05) is 20.3 Å². The van der Waals surface area contributed by atoms with E-state index in [-0.39, 0.29) is 12.5 Å². The maximum atomic E-state index is 11.9. The number of ether oxygens (including phenoxy) is 1. The molecule has 0 aliphatic heterocycles. The molecule has 6 nitrogen and oxygen atoms in total. The number of nitrogens with zero attached hydrogens (tertiary/aromatic N) is 2. The zero-order valence-corrected chi connectivity index (χ0v) is 11.9. The Morgan fingerprint density at radius 3 is 3.05 bits per heavy atom. The highest BCUT2D eigenvalue weighted by Crippen LogP contribution is 2.28. The molecule has 1 amide bonds. The molecule has 1 fully saturated rings. The second-order valence-corrected chi connectivity index (χ2v) is 5.27. The summed E-state index contributed by atoms with van der Waals surface area (Å²) in [5.41, 5.74) is 0.443. The van der Waals surface area contributed by atoms with Gasteiger partial charge in [0.05, 0.1) is 18.8 Å². The fraction of sp³-hybridized carbons (Fsp3) is 0.714. The van der Waals surface area contributed by atoms with E-state index in [1.165, 1.54) is 20.0 Å². The van der Waals surface area contributed by atoms with E-state index in [1.807, 2.05) is 10.9 Å². The van der Waals surface area contributed by atoms with Crippen LogP contribution in [0.4, 0.5) is 0 Å². The van der Waals surface area contributed by atoms with Crippen LogP contribution in [0.25, 0.3) is 0 Å². The maximum absolute atomic E-state index is 11.9. The van der Waals surface area contributed by atoms with Crippen molar-refractivity contribution in [1.29, 1.82) is 0 Å². The number of aliphatic hydroxyl groups is 1. The van der Waals surface area contributed by atoms with Crippen LogP contribution in [0, 0.1) is 0 Å². The van der Waals surface area contributed by atoms with E-state index in [0.29, 0.717) is 24.7 Å². The Kier molecular flexibility index (Phi) is 5.55. The fourth-order valence-corrected chi connectivity index (χ4v) is 2.55. The summed E-state index contributed by atoms with van der Waals surface area (Å²) in [6.45, 7) is 0.700. The van der Waals surface area contributed by atoms with Crippen molar-refractivity contribution in [2.24, 2.45) is 0 Å². The van der Waals surface area contributed by atoms with Gasteiger partial charge in [0.25, 0.3) is 5.91 Å². The lowest BCUT2D eigenvalue weighted by molar-refractivity contribution is 0.0587. The Labute approximate surface area is 119 Å². The van der Waals surface area contributed by atoms with Crippen LogP contribution >= 0.6 is 0 Å². The monoisotopic (exact) mass is 281 g/mol. The minimum absolute atomic E-state index is 0.189. The Hall–Kier alpha value is -1.40. The molecule has 1 aromatic rings. The largest absolute Gasteiger partial charge is 0.391 e. The molecular formula is C14H23N3O3. The molecule has 0 saturated heterocycles. The molecule has 6 heteroatoms. The van der Waals surface area contributed by atoms with Crippen LogP contribution in [0.3, 0.4) is 0 Å². The average Bonchev–Trinajstić information content (AvgIpc) is 3.10. The first-order valence-electron chi connectivity index (χ1n) is 7.21. The molecule has 1 aromatic heterocycles. The third kappa shape index (κ3) is 4.05. The topological polar surface area (TPSA) is 76.4 Å². The van der Waals surface area contributed by atoms with Crippen molar-refractivity contribution >= 4 is 5.91 Å². The minimum atomic E-state index is -0.545. The van der Waals surface area contributed by atoms with Crippen molar-refractivity contribution in [2.45, 2.75) is 44.2 Å². The van der Waals surface area contributed by atoms with Gasteiger partial charge in [-0.3, -0.25) is 9.48 Å². The molecule has 1 aliphatic carbocycles. The van der Waals surface area contributed by atoms with Gasteiger partial charge in [-0.15, -0.1) is 0 Å². The molecule has 0 bridgehead atoms. The minimum Gasteiger partial charge on any atom is -0.391 e. The van der Waals surface area contributed by atoms with Gasteiger partial charge in [-0.2, -0.15) is 5.10 Å². The van der Waals surface area contributed by atoms with E-state index in [2.05, 4.69) is 10.4 Å². The Morgan fingerprint density at radius 2 is 2.35 bits per heavy atom. The van der Waals surface area contributed by atoms with Crippen LogP contribution < -0.4 is 5.32 Å². The highest BCUT2D eigenvalue weighted by Gasteiger charge is 2.19. The van der Waals surface area contributed by atoms with E-state index < -0.39 is 6.10 Å². The third-order valence-electron chi connectivity index (χ3n) is 3.66. The maximum Gasteiger partial charge on any atom is 0.271 e. The number of methoxy groups -OCH3 is 1. The molecule has 0 radical (unpaired) electrons. The smallest absolute Gasteiger partial charge is 0.271 e. The number of carbonyl (C=O) groups excluding carboxylic acids is 1. The Balaban J connectivity index is 1.77. The van der Waals surface area contributed by atoms with Crippen molar-refractivity contribution < 1.29 is 14.6 Å². The predicted molar refractivity (Wildman–Crippen MR) is 74.6 cm³/mol. The quantitative estimate of drug-likeness (QED) is 0.785. The van der Waals surface area contributed by atoms with Crippen molar-refractivity contribution in [3.8, 4) is 0 Å². The first kappa shape index (κ1) is 15.0. The molecular weight excluding hydrogens is 258 g/mol. The lowest BCUT2D eigenvalue weighted by Crippen LogP contribution is -2.29. The van der Waals surface area contributed by atoms with Crippen LogP contribution in [-0.4, -0.2) is 47.2 Å². The van der Waals surface area contributed by atoms with Gasteiger partial charge in [0.15, 0.2) is 0 Å². The molecule has 1 atom stereocenters. The number of carbonyl (C=O) groups is 1. The lowest BCUT2D eigenvalue weighted by Gasteiger charge is -2.10. The highest BCUT2D eigenvalue weighted by atomic mass is 16.5. The Morgan fingerprint density at radius 1 is 1.60 bits per heavy atom. The van der Waals surface area contributed by atoms with E-state index in [4.69, 9.17) is 4.74 Å². The molecule has 2 rings (SSSR count). The summed E-state index contributed by atoms with van der Waals surface area (Å²) < 4.78 is 6.73. The zero-order chi connectivity index (χ0) is 14.4. The molecule has 112 valence electrons. The van der Waals surface area contributed by atoms with Crippen LogP contribution in [0.1, 0.15) is 48.6 Å². The fourth-order valence-electron chi connectivity index (χ4n) is 2.55. The second-order valence-electron chi connectivity index (χ2n) is 5.27. The third-order valence-corrected chi connectivity index (χ3v) is 3.66. The summed E-state index contributed by atoms with van der Waals surface area (Å²) in [7, 11) is 1.54. The zero-order valence-electron chi connectivity index (χ0n) is 11.9. The SMILES string of the molecule is COCC(O)CCNC(=O)c1ccn(C2CCCC2)n1. The number of hydrogen-bond acceptors (Lipinski definition) is 4. The number of amides is 1. The molecule has 20 heavy (non-hydrogen) atoms. The van der Waals surface area contributed by atoms with E-state index in [0.717, 1.165) is 12.8 Å². The van der Waals surface area contributed by atoms with Gasteiger partial charge in [0.1, 0.15) is 5.69 Å². The number of hydrogen-bond donors (Lipinski definition) is 2. The molecule has 0 aromatic carbocycles. The van der Waals surface area contributed by atoms with Crippen molar-refractivity contribution in [3.63, 3.8) is 0 Å². The van der Waals surface area contributed by atoms with Gasteiger partial charge >= 0.3 is 0 Å². The van der Waals surface area contributed by atoms with Crippen LogP contribution in [-0.2, 0) is 4.74 Å². The first-order valence-corrected chi connectivity index (χ1v) is 7.21. The molecule has 1 aliphatic rings. The summed E-state index contributed by atoms with van der Waals surface area (Å²) >= 11 is 0. The molecule has 2 N–H and O–H groups in total. The standard InChI is InChI=1S/C14H23N3O3/c1-20-10-12(18)6-8-15-14(19)13-7-9-17(16-13)11-4-2-3-5-11/h7,9,11-12,18H,2-6,8,10H2,1H3,(H,15,19). The summed E-state index contributed by atoms with van der Waals surface area (Å²) in [5.74, 6) is -0.189. The summed E-state index contributed by atoms with van der Waals surface area (Å²) in [4.78, 5) is 11.9. The molecule has 1 heterocycles. The van der Waals surface area contributed by atoms with E-state index in [9.17, 15) is 9.90 Å². The van der Waals surface area contributed by atoms with Gasteiger partial charge < -0.3 is 15.2 Å². The van der Waals surface area contributed by atoms with Gasteiger partial charge in [-0.25, -0.2) is 0 Å². The summed E-state index contributed by atoms with van der Waals surface area (Å²) in [6, 6.07) is 2.19. The molecule has 1 unspecified atom stereocenters. The number of aliphatic hydroxyl groups excluding tert-OH is 1. The average molecular weight is 281 g/mol. The number of rotatable bonds is 7. The van der Waals surface area contributed by atoms with Crippen molar-refractivity contribution in [1.82, 2.24) is 15.1 Å². The van der Waals surface area contributed by atoms with Crippen LogP contribution in [0.5, 0.6) is 0 Å². The summed E-state index contributed by atoms with van der Waals surface area (Å²) in [6.07, 6.45) is 6.58. The van der Waals surface area contributed by atoms with Gasteiger partial charge in [-0.05, 0) is 25.3 Å². The van der Waals surface area contributed by atoms with Crippen molar-refractivity contribution in [3.05, 3.63) is 18.0 Å². The number of aromatic nitrogens is 2. The van der Waals surface area contributed by atoms with Gasteiger partial charge in [0, 0.05) is 19.9 Å². The molecule has 0 spiro atoms. The lowest BCUT2D eigenvalue weighted by atomic mass is 10.2. The number of nitrogens with one attached hydrogen (secondary N) is 1. The second kappa shape index (κ2) is 7.40. The molecule has 1 saturated carbocycles. The van der Waals surface area contributed by atoms with Crippen LogP contribution in [0.15, 0.2) is 12.3 Å². The van der Waals surface area contributed by atoms with Crippen LogP contribution in [0.2, 0.25) is 0 Å². The van der Waals surface area contributed by atoms with E-state index >= 15 is 0 Å².